The van der Waals surface area contributed by atoms with E-state index < -0.39 is 17.6 Å². The van der Waals surface area contributed by atoms with Crippen LogP contribution in [0.2, 0.25) is 0 Å². The van der Waals surface area contributed by atoms with Gasteiger partial charge in [0.05, 0.1) is 5.56 Å². The molecule has 2 rings (SSSR count). The molecule has 2 aromatic rings. The minimum Gasteiger partial charge on any atom is -0.481 e. The molecule has 0 atom stereocenters. The molecule has 5 heteroatoms. The van der Waals surface area contributed by atoms with Crippen molar-refractivity contribution in [3.63, 3.8) is 0 Å². The minimum atomic E-state index is -0.911. The Morgan fingerprint density at radius 1 is 0.870 bits per heavy atom. The summed E-state index contributed by atoms with van der Waals surface area (Å²) in [4.78, 5) is 22.8. The third-order valence-corrected chi connectivity index (χ3v) is 3.50. The fourth-order valence-electron chi connectivity index (χ4n) is 2.40. The summed E-state index contributed by atoms with van der Waals surface area (Å²) < 4.78 is 27.9. The van der Waals surface area contributed by atoms with Crippen LogP contribution in [0.5, 0.6) is 0 Å². The van der Waals surface area contributed by atoms with Gasteiger partial charge in [-0.05, 0) is 30.5 Å². The van der Waals surface area contributed by atoms with Gasteiger partial charge in [-0.1, -0.05) is 30.3 Å². The van der Waals surface area contributed by atoms with Gasteiger partial charge in [-0.15, -0.1) is 0 Å². The van der Waals surface area contributed by atoms with Crippen LogP contribution in [-0.4, -0.2) is 16.9 Å². The predicted molar refractivity (Wildman–Crippen MR) is 82.2 cm³/mol. The van der Waals surface area contributed by atoms with E-state index in [0.29, 0.717) is 12.8 Å². The molecule has 23 heavy (non-hydrogen) atoms. The van der Waals surface area contributed by atoms with Gasteiger partial charge in [0.15, 0.2) is 5.78 Å². The van der Waals surface area contributed by atoms with Crippen LogP contribution in [0, 0.1) is 11.6 Å². The lowest BCUT2D eigenvalue weighted by molar-refractivity contribution is -0.137. The van der Waals surface area contributed by atoms with E-state index >= 15 is 0 Å². The highest BCUT2D eigenvalue weighted by molar-refractivity contribution is 6.02. The fraction of sp³-hybridized carbons (Fsp3) is 0.222. The first-order chi connectivity index (χ1) is 11.0. The zero-order chi connectivity index (χ0) is 16.8. The van der Waals surface area contributed by atoms with Gasteiger partial charge in [0, 0.05) is 18.4 Å². The van der Waals surface area contributed by atoms with Crippen LogP contribution in [0.25, 0.3) is 11.1 Å². The number of rotatable bonds is 7. The molecule has 0 aromatic heterocycles. The number of Topliss-reactive ketones (excluding diaryl/α,β-unsaturated/α-hetero) is 1. The Hall–Kier alpha value is -2.56. The first kappa shape index (κ1) is 16.8. The number of carbonyl (C=O) groups is 2. The number of carboxylic acid groups (broad SMARTS) is 1. The lowest BCUT2D eigenvalue weighted by atomic mass is 9.94. The van der Waals surface area contributed by atoms with Gasteiger partial charge in [0.2, 0.25) is 0 Å². The zero-order valence-corrected chi connectivity index (χ0v) is 12.4. The van der Waals surface area contributed by atoms with Crippen LogP contribution in [0.1, 0.15) is 36.0 Å². The molecule has 0 amide bonds. The molecular formula is C18H16F2O3. The van der Waals surface area contributed by atoms with Gasteiger partial charge in [-0.3, -0.25) is 9.59 Å². The van der Waals surface area contributed by atoms with Crippen molar-refractivity contribution in [3.8, 4) is 11.1 Å². The van der Waals surface area contributed by atoms with Gasteiger partial charge in [0.25, 0.3) is 0 Å². The van der Waals surface area contributed by atoms with Gasteiger partial charge >= 0.3 is 5.97 Å². The molecule has 0 aliphatic carbocycles. The van der Waals surface area contributed by atoms with E-state index in [1.165, 1.54) is 18.2 Å². The van der Waals surface area contributed by atoms with Crippen molar-refractivity contribution in [2.45, 2.75) is 25.7 Å². The standard InChI is InChI=1S/C18H16F2O3/c19-14-8-5-9-15(20)18(14)13-7-2-1-6-12(13)16(21)10-3-4-11-17(22)23/h1-2,5-9H,3-4,10-11H2,(H,22,23). The zero-order valence-electron chi connectivity index (χ0n) is 12.4. The number of hydrogen-bond donors (Lipinski definition) is 1. The molecule has 0 spiro atoms. The predicted octanol–water partition coefficient (Wildman–Crippen LogP) is 4.46. The number of carbonyl (C=O) groups excluding carboxylic acids is 1. The lowest BCUT2D eigenvalue weighted by Crippen LogP contribution is -2.04. The quantitative estimate of drug-likeness (QED) is 0.606. The average molecular weight is 318 g/mol. The molecule has 1 N–H and O–H groups in total. The molecule has 0 radical (unpaired) electrons. The van der Waals surface area contributed by atoms with Crippen molar-refractivity contribution in [1.82, 2.24) is 0 Å². The first-order valence-corrected chi connectivity index (χ1v) is 7.29. The van der Waals surface area contributed by atoms with Crippen molar-refractivity contribution >= 4 is 11.8 Å². The summed E-state index contributed by atoms with van der Waals surface area (Å²) in [5.41, 5.74) is 0.236. The van der Waals surface area contributed by atoms with Crippen LogP contribution in [-0.2, 0) is 4.79 Å². The Kier molecular flexibility index (Phi) is 5.57. The van der Waals surface area contributed by atoms with Crippen molar-refractivity contribution in [3.05, 3.63) is 59.7 Å². The van der Waals surface area contributed by atoms with Crippen LogP contribution in [0.15, 0.2) is 42.5 Å². The summed E-state index contributed by atoms with van der Waals surface area (Å²) in [6.45, 7) is 0. The Bertz CT molecular complexity index is 706. The summed E-state index contributed by atoms with van der Waals surface area (Å²) in [6, 6.07) is 9.84. The maximum Gasteiger partial charge on any atom is 0.303 e. The van der Waals surface area contributed by atoms with Gasteiger partial charge in [-0.2, -0.15) is 0 Å². The molecule has 0 bridgehead atoms. The highest BCUT2D eigenvalue weighted by Crippen LogP contribution is 2.30. The summed E-state index contributed by atoms with van der Waals surface area (Å²) in [5, 5.41) is 8.58. The Balaban J connectivity index is 2.24. The largest absolute Gasteiger partial charge is 0.481 e. The third kappa shape index (κ3) is 4.22. The lowest BCUT2D eigenvalue weighted by Gasteiger charge is -2.10. The Morgan fingerprint density at radius 3 is 2.13 bits per heavy atom. The van der Waals surface area contributed by atoms with Crippen LogP contribution < -0.4 is 0 Å². The summed E-state index contributed by atoms with van der Waals surface area (Å²) in [5.74, 6) is -2.62. The molecule has 0 fully saturated rings. The van der Waals surface area contributed by atoms with Crippen LogP contribution in [0.4, 0.5) is 8.78 Å². The van der Waals surface area contributed by atoms with Crippen molar-refractivity contribution in [1.29, 1.82) is 0 Å². The van der Waals surface area contributed by atoms with Gasteiger partial charge < -0.3 is 5.11 Å². The SMILES string of the molecule is O=C(O)CCCCC(=O)c1ccccc1-c1c(F)cccc1F. The molecule has 0 saturated heterocycles. The molecular weight excluding hydrogens is 302 g/mol. The highest BCUT2D eigenvalue weighted by atomic mass is 19.1. The average Bonchev–Trinajstić information content (AvgIpc) is 2.51. The molecule has 2 aromatic carbocycles. The summed E-state index contributed by atoms with van der Waals surface area (Å²) >= 11 is 0. The number of hydrogen-bond acceptors (Lipinski definition) is 2. The van der Waals surface area contributed by atoms with E-state index in [4.69, 9.17) is 5.11 Å². The van der Waals surface area contributed by atoms with E-state index in [9.17, 15) is 18.4 Å². The third-order valence-electron chi connectivity index (χ3n) is 3.50. The number of ketones is 1. The summed E-state index contributed by atoms with van der Waals surface area (Å²) in [6.07, 6.45) is 0.938. The highest BCUT2D eigenvalue weighted by Gasteiger charge is 2.18. The second-order valence-corrected chi connectivity index (χ2v) is 5.17. The summed E-state index contributed by atoms with van der Waals surface area (Å²) in [7, 11) is 0. The Labute approximate surface area is 132 Å². The molecule has 0 aliphatic heterocycles. The second-order valence-electron chi connectivity index (χ2n) is 5.17. The first-order valence-electron chi connectivity index (χ1n) is 7.29. The van der Waals surface area contributed by atoms with Crippen molar-refractivity contribution < 1.29 is 23.5 Å². The van der Waals surface area contributed by atoms with Gasteiger partial charge in [-0.25, -0.2) is 8.78 Å². The van der Waals surface area contributed by atoms with Crippen molar-refractivity contribution in [2.75, 3.05) is 0 Å². The second kappa shape index (κ2) is 7.63. The monoisotopic (exact) mass is 318 g/mol. The molecule has 0 heterocycles. The fourth-order valence-corrected chi connectivity index (χ4v) is 2.40. The number of halogens is 2. The topological polar surface area (TPSA) is 54.4 Å². The number of benzene rings is 2. The van der Waals surface area contributed by atoms with E-state index in [1.54, 1.807) is 12.1 Å². The maximum absolute atomic E-state index is 14.0. The maximum atomic E-state index is 14.0. The number of unbranched alkanes of at least 4 members (excludes halogenated alkanes) is 1. The molecule has 0 aliphatic rings. The molecule has 3 nitrogen and oxygen atoms in total. The van der Waals surface area contributed by atoms with Crippen LogP contribution >= 0.6 is 0 Å². The molecule has 0 saturated carbocycles. The Morgan fingerprint density at radius 2 is 1.48 bits per heavy atom. The molecule has 0 unspecified atom stereocenters. The van der Waals surface area contributed by atoms with Gasteiger partial charge in [0.1, 0.15) is 11.6 Å². The van der Waals surface area contributed by atoms with Crippen molar-refractivity contribution in [2.24, 2.45) is 0 Å². The van der Waals surface area contributed by atoms with E-state index in [2.05, 4.69) is 0 Å². The van der Waals surface area contributed by atoms with E-state index in [1.807, 2.05) is 0 Å². The molecule has 120 valence electrons. The smallest absolute Gasteiger partial charge is 0.303 e. The van der Waals surface area contributed by atoms with Crippen LogP contribution in [0.3, 0.4) is 0 Å². The number of carboxylic acids is 1. The normalized spacial score (nSPS) is 10.5. The van der Waals surface area contributed by atoms with E-state index in [0.717, 1.165) is 12.1 Å². The van der Waals surface area contributed by atoms with E-state index in [-0.39, 0.29) is 35.3 Å². The minimum absolute atomic E-state index is 0.00311. The number of aliphatic carboxylic acids is 1.